The summed E-state index contributed by atoms with van der Waals surface area (Å²) >= 11 is 0. The van der Waals surface area contributed by atoms with Gasteiger partial charge in [-0.15, -0.1) is 0 Å². The lowest BCUT2D eigenvalue weighted by Gasteiger charge is -2.60. The van der Waals surface area contributed by atoms with Gasteiger partial charge in [0.25, 0.3) is 0 Å². The average Bonchev–Trinajstić information content (AvgIpc) is 2.89. The third-order valence-corrected chi connectivity index (χ3v) is 5.65. The van der Waals surface area contributed by atoms with Crippen molar-refractivity contribution in [2.24, 2.45) is 11.3 Å². The monoisotopic (exact) mass is 278 g/mol. The molecule has 0 bridgehead atoms. The molecule has 4 rings (SSSR count). The molecule has 1 aliphatic carbocycles. The number of rotatable bonds is 1. The molecule has 110 valence electrons. The van der Waals surface area contributed by atoms with Gasteiger partial charge in [-0.05, 0) is 32.7 Å². The van der Waals surface area contributed by atoms with E-state index in [0.29, 0.717) is 11.8 Å². The van der Waals surface area contributed by atoms with Gasteiger partial charge in [0.05, 0.1) is 12.3 Å². The van der Waals surface area contributed by atoms with E-state index in [2.05, 4.69) is 11.9 Å². The third-order valence-electron chi connectivity index (χ3n) is 5.65. The van der Waals surface area contributed by atoms with Crippen molar-refractivity contribution < 1.29 is 14.3 Å². The van der Waals surface area contributed by atoms with Crippen molar-refractivity contribution in [3.8, 4) is 0 Å². The van der Waals surface area contributed by atoms with Gasteiger partial charge in [0.15, 0.2) is 0 Å². The average molecular weight is 278 g/mol. The summed E-state index contributed by atoms with van der Waals surface area (Å²) in [6.07, 6.45) is 4.19. The largest absolute Gasteiger partial charge is 0.458 e. The molecule has 4 aliphatic rings. The summed E-state index contributed by atoms with van der Waals surface area (Å²) in [6.45, 7) is 3.94. The molecule has 3 heterocycles. The molecular weight excluding hydrogens is 256 g/mol. The maximum absolute atomic E-state index is 12.7. The van der Waals surface area contributed by atoms with Crippen LogP contribution in [-0.2, 0) is 14.3 Å². The van der Waals surface area contributed by atoms with Crippen molar-refractivity contribution in [1.82, 2.24) is 9.80 Å². The fourth-order valence-electron chi connectivity index (χ4n) is 4.87. The molecular formula is C15H22N2O3. The zero-order chi connectivity index (χ0) is 14.0. The van der Waals surface area contributed by atoms with Crippen LogP contribution in [0.5, 0.6) is 0 Å². The number of likely N-dealkylation sites (tertiary alicyclic amines) is 2. The van der Waals surface area contributed by atoms with Crippen molar-refractivity contribution >= 4 is 11.9 Å². The Kier molecular flexibility index (Phi) is 2.50. The molecule has 5 nitrogen and oxygen atoms in total. The van der Waals surface area contributed by atoms with Gasteiger partial charge in [0.1, 0.15) is 5.60 Å². The highest BCUT2D eigenvalue weighted by molar-refractivity contribution is 5.88. The van der Waals surface area contributed by atoms with Gasteiger partial charge in [0, 0.05) is 31.6 Å². The van der Waals surface area contributed by atoms with E-state index in [-0.39, 0.29) is 17.8 Å². The summed E-state index contributed by atoms with van der Waals surface area (Å²) in [6, 6.07) is 0. The summed E-state index contributed by atoms with van der Waals surface area (Å²) in [4.78, 5) is 28.7. The number of hydrogen-bond acceptors (Lipinski definition) is 4. The highest BCUT2D eigenvalue weighted by Gasteiger charge is 2.58. The van der Waals surface area contributed by atoms with Gasteiger partial charge < -0.3 is 14.5 Å². The van der Waals surface area contributed by atoms with Crippen LogP contribution in [-0.4, -0.2) is 60.5 Å². The summed E-state index contributed by atoms with van der Waals surface area (Å²) < 4.78 is 5.58. The van der Waals surface area contributed by atoms with E-state index < -0.39 is 5.60 Å². The molecule has 0 aromatic rings. The second-order valence-corrected chi connectivity index (χ2v) is 7.37. The summed E-state index contributed by atoms with van der Waals surface area (Å²) in [5.74, 6) is -0.227. The summed E-state index contributed by atoms with van der Waals surface area (Å²) in [5, 5.41) is 0. The summed E-state index contributed by atoms with van der Waals surface area (Å²) in [5.41, 5.74) is -0.0932. The minimum Gasteiger partial charge on any atom is -0.458 e. The lowest BCUT2D eigenvalue weighted by molar-refractivity contribution is -0.167. The Labute approximate surface area is 119 Å². The molecule has 0 N–H and O–H groups in total. The van der Waals surface area contributed by atoms with Crippen LogP contribution in [0.15, 0.2) is 0 Å². The second-order valence-electron chi connectivity index (χ2n) is 7.37. The Morgan fingerprint density at radius 1 is 1.20 bits per heavy atom. The molecule has 2 spiro atoms. The van der Waals surface area contributed by atoms with Crippen molar-refractivity contribution in [3.05, 3.63) is 0 Å². The van der Waals surface area contributed by atoms with E-state index in [1.165, 1.54) is 0 Å². The van der Waals surface area contributed by atoms with Crippen LogP contribution in [0.3, 0.4) is 0 Å². The van der Waals surface area contributed by atoms with Gasteiger partial charge in [0.2, 0.25) is 5.91 Å². The van der Waals surface area contributed by atoms with E-state index >= 15 is 0 Å². The smallest absolute Gasteiger partial charge is 0.307 e. The van der Waals surface area contributed by atoms with E-state index in [9.17, 15) is 9.59 Å². The van der Waals surface area contributed by atoms with Crippen LogP contribution in [0.2, 0.25) is 0 Å². The number of nitrogens with zero attached hydrogens (tertiary/aromatic N) is 2. The Morgan fingerprint density at radius 3 is 2.45 bits per heavy atom. The number of esters is 1. The topological polar surface area (TPSA) is 49.9 Å². The Morgan fingerprint density at radius 2 is 1.85 bits per heavy atom. The molecule has 1 unspecified atom stereocenters. The number of carbonyl (C=O) groups excluding carboxylic acids is 2. The molecule has 0 aromatic heterocycles. The van der Waals surface area contributed by atoms with Crippen LogP contribution in [0.4, 0.5) is 0 Å². The highest BCUT2D eigenvalue weighted by Crippen LogP contribution is 2.48. The molecule has 4 fully saturated rings. The first-order valence-electron chi connectivity index (χ1n) is 7.71. The van der Waals surface area contributed by atoms with Crippen LogP contribution in [0, 0.1) is 11.3 Å². The Bertz CT molecular complexity index is 456. The lowest BCUT2D eigenvalue weighted by atomic mass is 9.72. The fraction of sp³-hybridized carbons (Fsp3) is 0.867. The fourth-order valence-corrected chi connectivity index (χ4v) is 4.87. The number of hydrogen-bond donors (Lipinski definition) is 0. The zero-order valence-corrected chi connectivity index (χ0v) is 12.1. The summed E-state index contributed by atoms with van der Waals surface area (Å²) in [7, 11) is 2.12. The number of amides is 1. The van der Waals surface area contributed by atoms with Gasteiger partial charge in [-0.3, -0.25) is 9.59 Å². The van der Waals surface area contributed by atoms with Crippen molar-refractivity contribution in [3.63, 3.8) is 0 Å². The van der Waals surface area contributed by atoms with Gasteiger partial charge >= 0.3 is 5.97 Å². The molecule has 5 heteroatoms. The van der Waals surface area contributed by atoms with E-state index in [0.717, 1.165) is 51.9 Å². The van der Waals surface area contributed by atoms with Crippen LogP contribution in [0.25, 0.3) is 0 Å². The van der Waals surface area contributed by atoms with Crippen molar-refractivity contribution in [1.29, 1.82) is 0 Å². The molecule has 1 saturated carbocycles. The molecule has 1 amide bonds. The van der Waals surface area contributed by atoms with E-state index in [1.54, 1.807) is 0 Å². The van der Waals surface area contributed by atoms with Gasteiger partial charge in [-0.2, -0.15) is 0 Å². The van der Waals surface area contributed by atoms with E-state index in [4.69, 9.17) is 4.74 Å². The molecule has 0 radical (unpaired) electrons. The van der Waals surface area contributed by atoms with Crippen molar-refractivity contribution in [2.45, 2.75) is 37.7 Å². The lowest BCUT2D eigenvalue weighted by Crippen LogP contribution is -2.72. The minimum atomic E-state index is -0.451. The maximum Gasteiger partial charge on any atom is 0.307 e. The van der Waals surface area contributed by atoms with Gasteiger partial charge in [-0.1, -0.05) is 0 Å². The normalized spacial score (nSPS) is 34.1. The van der Waals surface area contributed by atoms with Crippen molar-refractivity contribution in [2.75, 3.05) is 33.2 Å². The van der Waals surface area contributed by atoms with E-state index in [1.807, 2.05) is 4.90 Å². The SMILES string of the molecule is CN1CC2(C1)CN(C(=O)C1CC(=O)OC13CCCC3)C2. The molecule has 20 heavy (non-hydrogen) atoms. The Balaban J connectivity index is 1.45. The molecule has 3 aliphatic heterocycles. The van der Waals surface area contributed by atoms with Gasteiger partial charge in [-0.25, -0.2) is 0 Å². The zero-order valence-electron chi connectivity index (χ0n) is 12.1. The number of carbonyl (C=O) groups is 2. The van der Waals surface area contributed by atoms with Crippen LogP contribution in [0.1, 0.15) is 32.1 Å². The second kappa shape index (κ2) is 3.97. The first-order chi connectivity index (χ1) is 9.52. The molecule has 3 saturated heterocycles. The predicted molar refractivity (Wildman–Crippen MR) is 71.9 cm³/mol. The quantitative estimate of drug-likeness (QED) is 0.660. The molecule has 0 aromatic carbocycles. The first kappa shape index (κ1) is 12.6. The standard InChI is InChI=1S/C15H22N2O3/c1-16-7-14(8-16)9-17(10-14)13(19)11-6-12(18)20-15(11)4-2-3-5-15/h11H,2-10H2,1H3. The minimum absolute atomic E-state index is 0.165. The third kappa shape index (κ3) is 1.65. The van der Waals surface area contributed by atoms with Crippen LogP contribution < -0.4 is 0 Å². The molecule has 1 atom stereocenters. The van der Waals surface area contributed by atoms with Crippen LogP contribution >= 0.6 is 0 Å². The number of ether oxygens (including phenoxy) is 1. The maximum atomic E-state index is 12.7. The Hall–Kier alpha value is -1.10. The predicted octanol–water partition coefficient (Wildman–Crippen LogP) is 0.636. The highest BCUT2D eigenvalue weighted by atomic mass is 16.6. The first-order valence-corrected chi connectivity index (χ1v) is 7.71.